The van der Waals surface area contributed by atoms with E-state index in [1.807, 2.05) is 9.91 Å². The number of nitro benzene ring substituents is 1. The maximum atomic E-state index is 12.7. The summed E-state index contributed by atoms with van der Waals surface area (Å²) in [5.74, 6) is -0.333. The molecule has 2 aliphatic heterocycles. The van der Waals surface area contributed by atoms with Crippen molar-refractivity contribution < 1.29 is 14.5 Å². The molecule has 9 nitrogen and oxygen atoms in total. The van der Waals surface area contributed by atoms with Crippen LogP contribution in [0, 0.1) is 17.0 Å². The van der Waals surface area contributed by atoms with Gasteiger partial charge in [0.2, 0.25) is 0 Å². The van der Waals surface area contributed by atoms with Crippen molar-refractivity contribution in [1.29, 1.82) is 0 Å². The predicted octanol–water partition coefficient (Wildman–Crippen LogP) is 2.63. The normalized spacial score (nSPS) is 16.9. The largest absolute Gasteiger partial charge is 0.378 e. The molecule has 1 amide bonds. The van der Waals surface area contributed by atoms with Crippen LogP contribution in [0.4, 0.5) is 17.1 Å². The molecule has 0 aliphatic carbocycles. The number of carbonyl (C=O) groups excluding carboxylic acids is 1. The number of hydrogen-bond acceptors (Lipinski definition) is 7. The Bertz CT molecular complexity index is 942. The van der Waals surface area contributed by atoms with Crippen LogP contribution in [0.3, 0.4) is 0 Å². The van der Waals surface area contributed by atoms with Crippen molar-refractivity contribution in [2.24, 2.45) is 0 Å². The zero-order valence-corrected chi connectivity index (χ0v) is 18.8. The Balaban J connectivity index is 0.00000289. The SMILES string of the molecule is Cc1ccc(N2CCN(NC(=O)c3ccc(N4CCOCC4)c([N+](=O)[O-])c3)CC2)cc1.Cl. The number of hydrogen-bond donors (Lipinski definition) is 1. The summed E-state index contributed by atoms with van der Waals surface area (Å²) in [6.45, 7) is 7.26. The van der Waals surface area contributed by atoms with Crippen molar-refractivity contribution in [2.45, 2.75) is 6.92 Å². The average molecular weight is 462 g/mol. The second-order valence-corrected chi connectivity index (χ2v) is 7.81. The molecule has 2 aromatic rings. The van der Waals surface area contributed by atoms with Gasteiger partial charge < -0.3 is 14.5 Å². The molecule has 32 heavy (non-hydrogen) atoms. The van der Waals surface area contributed by atoms with Crippen LogP contribution in [0.1, 0.15) is 15.9 Å². The summed E-state index contributed by atoms with van der Waals surface area (Å²) in [5, 5.41) is 13.5. The molecule has 0 saturated carbocycles. The lowest BCUT2D eigenvalue weighted by Crippen LogP contribution is -2.53. The van der Waals surface area contributed by atoms with Crippen molar-refractivity contribution in [3.05, 3.63) is 63.7 Å². The number of benzene rings is 2. The summed E-state index contributed by atoms with van der Waals surface area (Å²) in [5.41, 5.74) is 6.04. The smallest absolute Gasteiger partial charge is 0.293 e. The molecule has 10 heteroatoms. The highest BCUT2D eigenvalue weighted by Gasteiger charge is 2.25. The Morgan fingerprint density at radius 1 is 0.969 bits per heavy atom. The first kappa shape index (κ1) is 23.8. The van der Waals surface area contributed by atoms with Gasteiger partial charge in [0, 0.05) is 56.6 Å². The Hall–Kier alpha value is -2.88. The number of carbonyl (C=O) groups is 1. The van der Waals surface area contributed by atoms with Crippen LogP contribution in [0.25, 0.3) is 0 Å². The second kappa shape index (κ2) is 10.6. The van der Waals surface area contributed by atoms with E-state index in [-0.39, 0.29) is 29.6 Å². The number of amides is 1. The van der Waals surface area contributed by atoms with E-state index in [1.165, 1.54) is 17.3 Å². The first-order valence-corrected chi connectivity index (χ1v) is 10.5. The maximum Gasteiger partial charge on any atom is 0.293 e. The minimum Gasteiger partial charge on any atom is -0.378 e. The molecule has 0 aromatic heterocycles. The van der Waals surface area contributed by atoms with Crippen molar-refractivity contribution >= 4 is 35.4 Å². The molecule has 0 radical (unpaired) electrons. The number of aryl methyl sites for hydroxylation is 1. The monoisotopic (exact) mass is 461 g/mol. The molecule has 2 saturated heterocycles. The minimum absolute atomic E-state index is 0. The van der Waals surface area contributed by atoms with Gasteiger partial charge in [0.1, 0.15) is 5.69 Å². The van der Waals surface area contributed by atoms with E-state index in [0.29, 0.717) is 45.1 Å². The van der Waals surface area contributed by atoms with E-state index < -0.39 is 4.92 Å². The molecule has 4 rings (SSSR count). The van der Waals surface area contributed by atoms with Crippen LogP contribution in [0.5, 0.6) is 0 Å². The molecule has 0 unspecified atom stereocenters. The second-order valence-electron chi connectivity index (χ2n) is 7.81. The van der Waals surface area contributed by atoms with Gasteiger partial charge in [-0.1, -0.05) is 17.7 Å². The Morgan fingerprint density at radius 3 is 2.25 bits per heavy atom. The Morgan fingerprint density at radius 2 is 1.62 bits per heavy atom. The van der Waals surface area contributed by atoms with Crippen LogP contribution in [-0.4, -0.2) is 68.3 Å². The Labute approximate surface area is 193 Å². The number of nitrogens with zero attached hydrogens (tertiary/aromatic N) is 4. The number of piperazine rings is 1. The molecular weight excluding hydrogens is 434 g/mol. The highest BCUT2D eigenvalue weighted by molar-refractivity contribution is 5.95. The van der Waals surface area contributed by atoms with E-state index in [0.717, 1.165) is 13.1 Å². The van der Waals surface area contributed by atoms with Crippen molar-refractivity contribution in [3.8, 4) is 0 Å². The number of nitro groups is 1. The number of halogens is 1. The summed E-state index contributed by atoms with van der Waals surface area (Å²) in [6.07, 6.45) is 0. The van der Waals surface area contributed by atoms with Gasteiger partial charge in [0.05, 0.1) is 18.1 Å². The third-order valence-electron chi connectivity index (χ3n) is 5.72. The minimum atomic E-state index is -0.429. The fourth-order valence-corrected chi connectivity index (χ4v) is 3.92. The van der Waals surface area contributed by atoms with Gasteiger partial charge in [-0.05, 0) is 31.2 Å². The third kappa shape index (κ3) is 5.48. The zero-order valence-electron chi connectivity index (χ0n) is 18.0. The fourth-order valence-electron chi connectivity index (χ4n) is 3.92. The van der Waals surface area contributed by atoms with Crippen molar-refractivity contribution in [2.75, 3.05) is 62.3 Å². The number of morpholine rings is 1. The third-order valence-corrected chi connectivity index (χ3v) is 5.72. The van der Waals surface area contributed by atoms with Gasteiger partial charge in [-0.25, -0.2) is 5.01 Å². The lowest BCUT2D eigenvalue weighted by molar-refractivity contribution is -0.384. The highest BCUT2D eigenvalue weighted by Crippen LogP contribution is 2.30. The summed E-state index contributed by atoms with van der Waals surface area (Å²) in [6, 6.07) is 13.1. The van der Waals surface area contributed by atoms with E-state index in [1.54, 1.807) is 12.1 Å². The number of anilines is 2. The highest BCUT2D eigenvalue weighted by atomic mass is 35.5. The quantitative estimate of drug-likeness (QED) is 0.540. The summed E-state index contributed by atoms with van der Waals surface area (Å²) in [4.78, 5) is 28.1. The van der Waals surface area contributed by atoms with E-state index in [4.69, 9.17) is 4.74 Å². The van der Waals surface area contributed by atoms with Crippen molar-refractivity contribution in [1.82, 2.24) is 10.4 Å². The fraction of sp³-hybridized carbons (Fsp3) is 0.409. The van der Waals surface area contributed by atoms with E-state index in [9.17, 15) is 14.9 Å². The predicted molar refractivity (Wildman–Crippen MR) is 126 cm³/mol. The van der Waals surface area contributed by atoms with Crippen LogP contribution in [0.15, 0.2) is 42.5 Å². The van der Waals surface area contributed by atoms with Gasteiger partial charge in [-0.2, -0.15) is 0 Å². The molecule has 2 heterocycles. The first-order valence-electron chi connectivity index (χ1n) is 10.5. The molecule has 1 N–H and O–H groups in total. The number of rotatable bonds is 5. The molecule has 0 spiro atoms. The topological polar surface area (TPSA) is 91.2 Å². The maximum absolute atomic E-state index is 12.7. The van der Waals surface area contributed by atoms with E-state index in [2.05, 4.69) is 41.5 Å². The molecular formula is C22H28ClN5O4. The molecule has 0 atom stereocenters. The Kier molecular flexibility index (Phi) is 7.89. The summed E-state index contributed by atoms with van der Waals surface area (Å²) >= 11 is 0. The standard InChI is InChI=1S/C22H27N5O4.ClH/c1-17-2-5-19(6-3-17)24-8-10-26(11-9-24)23-22(28)18-4-7-20(21(16-18)27(29)30)25-12-14-31-15-13-25;/h2-7,16H,8-15H2,1H3,(H,23,28);1H. The summed E-state index contributed by atoms with van der Waals surface area (Å²) < 4.78 is 5.32. The van der Waals surface area contributed by atoms with E-state index >= 15 is 0 Å². The number of ether oxygens (including phenoxy) is 1. The molecule has 2 aliphatic rings. The lowest BCUT2D eigenvalue weighted by atomic mass is 10.1. The van der Waals surface area contributed by atoms with Gasteiger partial charge in [0.15, 0.2) is 0 Å². The van der Waals surface area contributed by atoms with Crippen LogP contribution in [-0.2, 0) is 4.74 Å². The molecule has 2 aromatic carbocycles. The summed E-state index contributed by atoms with van der Waals surface area (Å²) in [7, 11) is 0. The zero-order chi connectivity index (χ0) is 21.8. The van der Waals surface area contributed by atoms with Gasteiger partial charge >= 0.3 is 0 Å². The van der Waals surface area contributed by atoms with Gasteiger partial charge in [-0.3, -0.25) is 20.3 Å². The number of hydrazine groups is 1. The molecule has 172 valence electrons. The average Bonchev–Trinajstić information content (AvgIpc) is 2.80. The first-order chi connectivity index (χ1) is 15.0. The molecule has 2 fully saturated rings. The molecule has 0 bridgehead atoms. The van der Waals surface area contributed by atoms with Gasteiger partial charge in [0.25, 0.3) is 11.6 Å². The van der Waals surface area contributed by atoms with Gasteiger partial charge in [-0.15, -0.1) is 12.4 Å². The lowest BCUT2D eigenvalue weighted by Gasteiger charge is -2.36. The van der Waals surface area contributed by atoms with Crippen LogP contribution in [0.2, 0.25) is 0 Å². The van der Waals surface area contributed by atoms with Crippen LogP contribution >= 0.6 is 12.4 Å². The van der Waals surface area contributed by atoms with Crippen molar-refractivity contribution in [3.63, 3.8) is 0 Å². The number of nitrogens with one attached hydrogen (secondary N) is 1. The van der Waals surface area contributed by atoms with Crippen LogP contribution < -0.4 is 15.2 Å².